The van der Waals surface area contributed by atoms with Gasteiger partial charge in [0.15, 0.2) is 10.4 Å². The first kappa shape index (κ1) is 12.7. The van der Waals surface area contributed by atoms with Crippen LogP contribution in [0.3, 0.4) is 0 Å². The van der Waals surface area contributed by atoms with E-state index in [4.69, 9.17) is 16.3 Å². The number of carbonyl (C=O) groups excluding carboxylic acids is 1. The van der Waals surface area contributed by atoms with Crippen molar-refractivity contribution < 1.29 is 14.6 Å². The molecule has 0 saturated heterocycles. The molecule has 0 unspecified atom stereocenters. The fourth-order valence-corrected chi connectivity index (χ4v) is 1.65. The van der Waals surface area contributed by atoms with E-state index in [1.807, 2.05) is 0 Å². The largest absolute Gasteiger partial charge is 0.461 e. The summed E-state index contributed by atoms with van der Waals surface area (Å²) in [6.45, 7) is 1.76. The molecular weight excluding hydrogens is 276 g/mol. The number of imidazole rings is 1. The highest BCUT2D eigenvalue weighted by molar-refractivity contribution is 9.10. The minimum atomic E-state index is -0.551. The lowest BCUT2D eigenvalue weighted by molar-refractivity contribution is 0.0519. The molecule has 0 fully saturated rings. The highest BCUT2D eigenvalue weighted by atomic mass is 79.9. The molecule has 1 aromatic heterocycles. The van der Waals surface area contributed by atoms with Crippen LogP contribution >= 0.6 is 15.9 Å². The van der Waals surface area contributed by atoms with Crippen LogP contribution in [0.1, 0.15) is 23.5 Å². The molecule has 1 aromatic rings. The van der Waals surface area contributed by atoms with Crippen LogP contribution in [0.15, 0.2) is 10.9 Å². The Morgan fingerprint density at radius 3 is 3.06 bits per heavy atom. The van der Waals surface area contributed by atoms with Crippen molar-refractivity contribution in [2.45, 2.75) is 13.0 Å². The summed E-state index contributed by atoms with van der Waals surface area (Å²) >= 11 is 3.16. The van der Waals surface area contributed by atoms with Crippen LogP contribution in [0.2, 0.25) is 0 Å². The molecule has 86 valence electrons. The van der Waals surface area contributed by atoms with Gasteiger partial charge in [-0.1, -0.05) is 5.92 Å². The number of hydrogen-bond acceptors (Lipinski definition) is 4. The quantitative estimate of drug-likeness (QED) is 0.662. The summed E-state index contributed by atoms with van der Waals surface area (Å²) in [6, 6.07) is -0.551. The predicted molar refractivity (Wildman–Crippen MR) is 60.8 cm³/mol. The third kappa shape index (κ3) is 2.62. The number of halogens is 1. The van der Waals surface area contributed by atoms with Gasteiger partial charge in [0.05, 0.1) is 13.2 Å². The number of carbonyl (C=O) groups is 1. The molecule has 1 atom stereocenters. The third-order valence-electron chi connectivity index (χ3n) is 1.87. The lowest BCUT2D eigenvalue weighted by atomic mass is 10.3. The number of hydrogen-bond donors (Lipinski definition) is 1. The fourth-order valence-electron chi connectivity index (χ4n) is 1.11. The summed E-state index contributed by atoms with van der Waals surface area (Å²) < 4.78 is 6.67. The summed E-state index contributed by atoms with van der Waals surface area (Å²) in [7, 11) is 0. The van der Waals surface area contributed by atoms with E-state index in [0.717, 1.165) is 0 Å². The van der Waals surface area contributed by atoms with Crippen molar-refractivity contribution in [2.24, 2.45) is 0 Å². The lowest BCUT2D eigenvalue weighted by Gasteiger charge is -2.08. The normalized spacial score (nSPS) is 11.9. The smallest absolute Gasteiger partial charge is 0.358 e. The Labute approximate surface area is 102 Å². The van der Waals surface area contributed by atoms with E-state index >= 15 is 0 Å². The van der Waals surface area contributed by atoms with Gasteiger partial charge in [0.25, 0.3) is 0 Å². The van der Waals surface area contributed by atoms with Crippen LogP contribution < -0.4 is 0 Å². The summed E-state index contributed by atoms with van der Waals surface area (Å²) in [5, 5.41) is 9.03. The van der Waals surface area contributed by atoms with Crippen LogP contribution in [0.25, 0.3) is 0 Å². The standard InChI is InChI=1S/C10H11BrN2O3/c1-3-7(6-14)13-5-8(12-10(13)11)9(15)16-4-2/h1,5,7,14H,4,6H2,2H3/t7-/m0/s1. The molecule has 0 amide bonds. The Morgan fingerprint density at radius 1 is 1.88 bits per heavy atom. The molecule has 1 heterocycles. The second-order valence-corrected chi connectivity index (χ2v) is 3.60. The number of terminal acetylenes is 1. The van der Waals surface area contributed by atoms with Gasteiger partial charge in [0.2, 0.25) is 0 Å². The molecule has 16 heavy (non-hydrogen) atoms. The third-order valence-corrected chi connectivity index (χ3v) is 2.46. The number of rotatable bonds is 4. The van der Waals surface area contributed by atoms with Gasteiger partial charge in [-0.25, -0.2) is 9.78 Å². The van der Waals surface area contributed by atoms with Crippen molar-refractivity contribution in [1.29, 1.82) is 0 Å². The van der Waals surface area contributed by atoms with E-state index < -0.39 is 12.0 Å². The van der Waals surface area contributed by atoms with Gasteiger partial charge in [-0.05, 0) is 22.9 Å². The predicted octanol–water partition coefficient (Wildman–Crippen LogP) is 0.989. The molecule has 1 rings (SSSR count). The zero-order chi connectivity index (χ0) is 12.1. The highest BCUT2D eigenvalue weighted by Crippen LogP contribution is 2.17. The van der Waals surface area contributed by atoms with Gasteiger partial charge < -0.3 is 14.4 Å². The van der Waals surface area contributed by atoms with E-state index in [-0.39, 0.29) is 18.9 Å². The zero-order valence-corrected chi connectivity index (χ0v) is 10.3. The van der Waals surface area contributed by atoms with Gasteiger partial charge >= 0.3 is 5.97 Å². The zero-order valence-electron chi connectivity index (χ0n) is 8.68. The Morgan fingerprint density at radius 2 is 2.56 bits per heavy atom. The molecule has 5 nitrogen and oxygen atoms in total. The van der Waals surface area contributed by atoms with E-state index in [9.17, 15) is 4.79 Å². The van der Waals surface area contributed by atoms with Gasteiger partial charge in [-0.3, -0.25) is 0 Å². The minimum Gasteiger partial charge on any atom is -0.461 e. The van der Waals surface area contributed by atoms with Crippen LogP contribution in [0.4, 0.5) is 0 Å². The average molecular weight is 287 g/mol. The Kier molecular flexibility index (Phi) is 4.52. The number of nitrogens with zero attached hydrogens (tertiary/aromatic N) is 2. The molecule has 1 N–H and O–H groups in total. The number of aliphatic hydroxyl groups is 1. The van der Waals surface area contributed by atoms with Crippen LogP contribution in [0, 0.1) is 12.3 Å². The van der Waals surface area contributed by atoms with Crippen molar-refractivity contribution in [1.82, 2.24) is 9.55 Å². The topological polar surface area (TPSA) is 64.4 Å². The first-order valence-corrected chi connectivity index (χ1v) is 5.41. The second kappa shape index (κ2) is 5.68. The number of aromatic nitrogens is 2. The maximum absolute atomic E-state index is 11.4. The second-order valence-electron chi connectivity index (χ2n) is 2.89. The summed E-state index contributed by atoms with van der Waals surface area (Å²) in [4.78, 5) is 15.3. The Bertz CT molecular complexity index is 422. The molecular formula is C10H11BrN2O3. The van der Waals surface area contributed by atoms with Crippen molar-refractivity contribution in [2.75, 3.05) is 13.2 Å². The maximum Gasteiger partial charge on any atom is 0.358 e. The van der Waals surface area contributed by atoms with Gasteiger partial charge in [-0.2, -0.15) is 0 Å². The molecule has 0 aliphatic heterocycles. The van der Waals surface area contributed by atoms with Gasteiger partial charge in [0.1, 0.15) is 6.04 Å². The molecule has 0 saturated carbocycles. The van der Waals surface area contributed by atoms with Gasteiger partial charge in [0, 0.05) is 6.20 Å². The summed E-state index contributed by atoms with van der Waals surface area (Å²) in [6.07, 6.45) is 6.68. The molecule has 0 bridgehead atoms. The van der Waals surface area contributed by atoms with E-state index in [2.05, 4.69) is 26.8 Å². The number of esters is 1. The minimum absolute atomic E-state index is 0.155. The van der Waals surface area contributed by atoms with E-state index in [1.54, 1.807) is 6.92 Å². The van der Waals surface area contributed by atoms with E-state index in [0.29, 0.717) is 4.73 Å². The fraction of sp³-hybridized carbons (Fsp3) is 0.400. The first-order valence-electron chi connectivity index (χ1n) is 4.62. The highest BCUT2D eigenvalue weighted by Gasteiger charge is 2.17. The van der Waals surface area contributed by atoms with Crippen LogP contribution in [-0.4, -0.2) is 33.8 Å². The summed E-state index contributed by atoms with van der Waals surface area (Å²) in [5.41, 5.74) is 0.155. The average Bonchev–Trinajstić information content (AvgIpc) is 2.63. The van der Waals surface area contributed by atoms with Crippen LogP contribution in [0.5, 0.6) is 0 Å². The first-order chi connectivity index (χ1) is 7.63. The van der Waals surface area contributed by atoms with Crippen molar-refractivity contribution in [3.8, 4) is 12.3 Å². The summed E-state index contributed by atoms with van der Waals surface area (Å²) in [5.74, 6) is 1.87. The molecule has 0 aliphatic rings. The Balaban J connectivity index is 2.98. The van der Waals surface area contributed by atoms with Gasteiger partial charge in [-0.15, -0.1) is 6.42 Å². The lowest BCUT2D eigenvalue weighted by Crippen LogP contribution is -2.10. The number of aliphatic hydroxyl groups excluding tert-OH is 1. The van der Waals surface area contributed by atoms with Crippen molar-refractivity contribution in [3.63, 3.8) is 0 Å². The van der Waals surface area contributed by atoms with E-state index in [1.165, 1.54) is 10.8 Å². The molecule has 0 aromatic carbocycles. The van der Waals surface area contributed by atoms with Crippen molar-refractivity contribution >= 4 is 21.9 Å². The molecule has 6 heteroatoms. The maximum atomic E-state index is 11.4. The molecule has 0 spiro atoms. The Hall–Kier alpha value is -1.32. The van der Waals surface area contributed by atoms with Crippen LogP contribution in [-0.2, 0) is 4.74 Å². The van der Waals surface area contributed by atoms with Crippen molar-refractivity contribution in [3.05, 3.63) is 16.6 Å². The molecule has 0 radical (unpaired) electrons. The monoisotopic (exact) mass is 286 g/mol. The number of ether oxygens (including phenoxy) is 1. The SMILES string of the molecule is C#C[C@@H](CO)n1cc(C(=O)OCC)nc1Br. The molecule has 0 aliphatic carbocycles.